The number of furan rings is 1. The summed E-state index contributed by atoms with van der Waals surface area (Å²) in [6, 6.07) is 10.8. The third-order valence-corrected chi connectivity index (χ3v) is 3.92. The molecule has 0 aliphatic carbocycles. The summed E-state index contributed by atoms with van der Waals surface area (Å²) in [5, 5.41) is 10.1. The van der Waals surface area contributed by atoms with E-state index in [0.29, 0.717) is 11.7 Å². The van der Waals surface area contributed by atoms with Crippen LogP contribution in [0.15, 0.2) is 40.8 Å². The molecule has 5 heteroatoms. The molecule has 0 saturated carbocycles. The lowest BCUT2D eigenvalue weighted by Crippen LogP contribution is -1.95. The Labute approximate surface area is 122 Å². The standard InChI is InChI=1S/C15H16ClNO3/c1-3-10(2)11-4-6-12(7-5-11)15(16)13-8-9-14(20-13)17(18)19/h4-10,15H,3H2,1-2H3. The molecule has 1 aromatic carbocycles. The zero-order valence-corrected chi connectivity index (χ0v) is 12.1. The molecular formula is C15H16ClNO3. The van der Waals surface area contributed by atoms with Crippen molar-refractivity contribution in [1.82, 2.24) is 0 Å². The molecule has 0 N–H and O–H groups in total. The molecule has 0 fully saturated rings. The van der Waals surface area contributed by atoms with Crippen LogP contribution < -0.4 is 0 Å². The molecule has 1 aromatic heterocycles. The summed E-state index contributed by atoms with van der Waals surface area (Å²) in [4.78, 5) is 10.0. The van der Waals surface area contributed by atoms with Crippen LogP contribution in [0.25, 0.3) is 0 Å². The number of alkyl halides is 1. The lowest BCUT2D eigenvalue weighted by atomic mass is 9.97. The average Bonchev–Trinajstić information content (AvgIpc) is 2.96. The normalized spacial score (nSPS) is 13.9. The van der Waals surface area contributed by atoms with Gasteiger partial charge in [-0.3, -0.25) is 10.1 Å². The minimum Gasteiger partial charge on any atom is -0.404 e. The Kier molecular flexibility index (Phi) is 4.45. The fourth-order valence-corrected chi connectivity index (χ4v) is 2.23. The molecule has 2 unspecified atom stereocenters. The molecule has 0 spiro atoms. The molecule has 0 aliphatic heterocycles. The first-order chi connectivity index (χ1) is 9.52. The fraction of sp³-hybridized carbons (Fsp3) is 0.333. The highest BCUT2D eigenvalue weighted by Crippen LogP contribution is 2.32. The third-order valence-electron chi connectivity index (χ3n) is 3.45. The maximum atomic E-state index is 10.6. The molecule has 2 rings (SSSR count). The highest BCUT2D eigenvalue weighted by molar-refractivity contribution is 6.22. The number of rotatable bonds is 5. The second kappa shape index (κ2) is 6.09. The molecule has 0 radical (unpaired) electrons. The molecule has 2 atom stereocenters. The van der Waals surface area contributed by atoms with Crippen LogP contribution in [0, 0.1) is 10.1 Å². The Morgan fingerprint density at radius 2 is 1.80 bits per heavy atom. The van der Waals surface area contributed by atoms with Crippen molar-refractivity contribution in [3.63, 3.8) is 0 Å². The Balaban J connectivity index is 2.19. The van der Waals surface area contributed by atoms with Crippen LogP contribution in [0.5, 0.6) is 0 Å². The fourth-order valence-electron chi connectivity index (χ4n) is 1.97. The maximum Gasteiger partial charge on any atom is 0.433 e. The van der Waals surface area contributed by atoms with E-state index in [2.05, 4.69) is 13.8 Å². The van der Waals surface area contributed by atoms with Gasteiger partial charge in [0.2, 0.25) is 0 Å². The van der Waals surface area contributed by atoms with E-state index in [1.54, 1.807) is 6.07 Å². The van der Waals surface area contributed by atoms with Gasteiger partial charge in [0.25, 0.3) is 0 Å². The molecule has 0 amide bonds. The molecule has 106 valence electrons. The molecule has 0 saturated heterocycles. The van der Waals surface area contributed by atoms with E-state index in [4.69, 9.17) is 16.0 Å². The summed E-state index contributed by atoms with van der Waals surface area (Å²) < 4.78 is 5.13. The van der Waals surface area contributed by atoms with Gasteiger partial charge in [-0.05, 0) is 29.5 Å². The van der Waals surface area contributed by atoms with Crippen LogP contribution in [0.2, 0.25) is 0 Å². The molecule has 20 heavy (non-hydrogen) atoms. The van der Waals surface area contributed by atoms with Crippen molar-refractivity contribution in [3.05, 3.63) is 63.4 Å². The monoisotopic (exact) mass is 293 g/mol. The van der Waals surface area contributed by atoms with Gasteiger partial charge in [0.1, 0.15) is 16.1 Å². The number of benzene rings is 1. The predicted molar refractivity (Wildman–Crippen MR) is 78.2 cm³/mol. The van der Waals surface area contributed by atoms with Gasteiger partial charge in [-0.2, -0.15) is 0 Å². The highest BCUT2D eigenvalue weighted by Gasteiger charge is 2.19. The lowest BCUT2D eigenvalue weighted by molar-refractivity contribution is -0.402. The minimum atomic E-state index is -0.570. The quantitative estimate of drug-likeness (QED) is 0.441. The smallest absolute Gasteiger partial charge is 0.404 e. The van der Waals surface area contributed by atoms with Gasteiger partial charge in [-0.25, -0.2) is 0 Å². The maximum absolute atomic E-state index is 10.6. The van der Waals surface area contributed by atoms with Crippen LogP contribution in [-0.2, 0) is 0 Å². The summed E-state index contributed by atoms with van der Waals surface area (Å²) in [5.41, 5.74) is 2.12. The molecular weight excluding hydrogens is 278 g/mol. The molecule has 0 bridgehead atoms. The van der Waals surface area contributed by atoms with E-state index in [9.17, 15) is 10.1 Å². The largest absolute Gasteiger partial charge is 0.433 e. The Hall–Kier alpha value is -1.81. The van der Waals surface area contributed by atoms with Gasteiger partial charge in [0.05, 0.1) is 6.07 Å². The van der Waals surface area contributed by atoms with Gasteiger partial charge in [-0.1, -0.05) is 38.1 Å². The van der Waals surface area contributed by atoms with Gasteiger partial charge in [0, 0.05) is 0 Å². The predicted octanol–water partition coefficient (Wildman–Crippen LogP) is 5.03. The first kappa shape index (κ1) is 14.6. The Morgan fingerprint density at radius 1 is 1.20 bits per heavy atom. The van der Waals surface area contributed by atoms with E-state index in [1.165, 1.54) is 11.6 Å². The van der Waals surface area contributed by atoms with E-state index in [-0.39, 0.29) is 5.88 Å². The van der Waals surface area contributed by atoms with E-state index >= 15 is 0 Å². The van der Waals surface area contributed by atoms with Gasteiger partial charge >= 0.3 is 5.88 Å². The van der Waals surface area contributed by atoms with Crippen molar-refractivity contribution >= 4 is 17.5 Å². The molecule has 2 aromatic rings. The zero-order chi connectivity index (χ0) is 14.7. The molecule has 0 aliphatic rings. The third kappa shape index (κ3) is 3.02. The van der Waals surface area contributed by atoms with Crippen LogP contribution in [0.4, 0.5) is 5.88 Å². The van der Waals surface area contributed by atoms with E-state index < -0.39 is 10.3 Å². The van der Waals surface area contributed by atoms with Crippen LogP contribution in [0.1, 0.15) is 48.5 Å². The highest BCUT2D eigenvalue weighted by atomic mass is 35.5. The van der Waals surface area contributed by atoms with Crippen LogP contribution in [-0.4, -0.2) is 4.92 Å². The van der Waals surface area contributed by atoms with Crippen molar-refractivity contribution in [2.24, 2.45) is 0 Å². The van der Waals surface area contributed by atoms with E-state index in [1.807, 2.05) is 24.3 Å². The van der Waals surface area contributed by atoms with Crippen LogP contribution >= 0.6 is 11.6 Å². The first-order valence-corrected chi connectivity index (χ1v) is 6.94. The van der Waals surface area contributed by atoms with Crippen LogP contribution in [0.3, 0.4) is 0 Å². The van der Waals surface area contributed by atoms with E-state index in [0.717, 1.165) is 12.0 Å². The Bertz CT molecular complexity index is 591. The number of nitrogens with zero attached hydrogens (tertiary/aromatic N) is 1. The molecule has 1 heterocycles. The summed E-state index contributed by atoms with van der Waals surface area (Å²) in [7, 11) is 0. The van der Waals surface area contributed by atoms with Crippen molar-refractivity contribution in [1.29, 1.82) is 0 Å². The van der Waals surface area contributed by atoms with Gasteiger partial charge in [-0.15, -0.1) is 11.6 Å². The number of halogens is 1. The topological polar surface area (TPSA) is 56.3 Å². The van der Waals surface area contributed by atoms with Crippen molar-refractivity contribution in [2.45, 2.75) is 31.6 Å². The summed E-state index contributed by atoms with van der Waals surface area (Å²) in [5.74, 6) is 0.596. The number of hydrogen-bond acceptors (Lipinski definition) is 3. The van der Waals surface area contributed by atoms with Crippen molar-refractivity contribution < 1.29 is 9.34 Å². The number of hydrogen-bond donors (Lipinski definition) is 0. The summed E-state index contributed by atoms with van der Waals surface area (Å²) in [6.45, 7) is 4.31. The Morgan fingerprint density at radius 3 is 2.30 bits per heavy atom. The summed E-state index contributed by atoms with van der Waals surface area (Å²) >= 11 is 6.30. The second-order valence-corrected chi connectivity index (χ2v) is 5.21. The zero-order valence-electron chi connectivity index (χ0n) is 11.4. The van der Waals surface area contributed by atoms with Gasteiger partial charge < -0.3 is 4.42 Å². The summed E-state index contributed by atoms with van der Waals surface area (Å²) in [6.07, 6.45) is 1.08. The lowest BCUT2D eigenvalue weighted by Gasteiger charge is -2.11. The van der Waals surface area contributed by atoms with Crippen molar-refractivity contribution in [2.75, 3.05) is 0 Å². The second-order valence-electron chi connectivity index (χ2n) is 4.77. The molecule has 4 nitrogen and oxygen atoms in total. The average molecular weight is 294 g/mol. The van der Waals surface area contributed by atoms with Gasteiger partial charge in [0.15, 0.2) is 0 Å². The first-order valence-electron chi connectivity index (χ1n) is 6.51. The SMILES string of the molecule is CCC(C)c1ccc(C(Cl)c2ccc([N+](=O)[O-])o2)cc1. The number of nitro groups is 1. The minimum absolute atomic E-state index is 0.290. The van der Waals surface area contributed by atoms with Crippen molar-refractivity contribution in [3.8, 4) is 0 Å².